The minimum absolute atomic E-state index is 0.103. The number of benzene rings is 3. The van der Waals surface area contributed by atoms with Crippen LogP contribution in [0.4, 0.5) is 4.39 Å². The molecule has 1 heterocycles. The van der Waals surface area contributed by atoms with Gasteiger partial charge in [0, 0.05) is 6.07 Å². The number of hydrogen-bond donors (Lipinski definition) is 0. The maximum Gasteiger partial charge on any atom is 0.315 e. The van der Waals surface area contributed by atoms with E-state index in [0.29, 0.717) is 22.1 Å². The van der Waals surface area contributed by atoms with Crippen LogP contribution in [0.15, 0.2) is 82.2 Å². The summed E-state index contributed by atoms with van der Waals surface area (Å²) < 4.78 is 29.6. The topological polar surface area (TPSA) is 65.7 Å². The minimum atomic E-state index is -0.567. The fourth-order valence-electron chi connectivity index (χ4n) is 3.14. The highest BCUT2D eigenvalue weighted by molar-refractivity contribution is 5.83. The summed E-state index contributed by atoms with van der Waals surface area (Å²) in [4.78, 5) is 25.0. The van der Waals surface area contributed by atoms with E-state index in [1.165, 1.54) is 37.6 Å². The lowest BCUT2D eigenvalue weighted by molar-refractivity contribution is -0.133. The molecular formula is C24H17FO5. The van der Waals surface area contributed by atoms with Crippen molar-refractivity contribution in [3.05, 3.63) is 94.6 Å². The van der Waals surface area contributed by atoms with Gasteiger partial charge < -0.3 is 13.9 Å². The van der Waals surface area contributed by atoms with Crippen molar-refractivity contribution < 1.29 is 23.1 Å². The van der Waals surface area contributed by atoms with Gasteiger partial charge in [-0.05, 0) is 35.4 Å². The van der Waals surface area contributed by atoms with Crippen LogP contribution in [-0.4, -0.2) is 13.1 Å². The number of hydrogen-bond acceptors (Lipinski definition) is 5. The van der Waals surface area contributed by atoms with E-state index in [0.717, 1.165) is 5.56 Å². The predicted molar refractivity (Wildman–Crippen MR) is 110 cm³/mol. The van der Waals surface area contributed by atoms with Crippen molar-refractivity contribution >= 4 is 16.9 Å². The summed E-state index contributed by atoms with van der Waals surface area (Å²) >= 11 is 0. The fraction of sp³-hybridized carbons (Fsp3) is 0.0833. The first kappa shape index (κ1) is 19.4. The molecule has 30 heavy (non-hydrogen) atoms. The lowest BCUT2D eigenvalue weighted by Crippen LogP contribution is -2.12. The van der Waals surface area contributed by atoms with Gasteiger partial charge in [-0.3, -0.25) is 9.59 Å². The largest absolute Gasteiger partial charge is 0.494 e. The van der Waals surface area contributed by atoms with E-state index in [1.54, 1.807) is 12.1 Å². The minimum Gasteiger partial charge on any atom is -0.494 e. The Morgan fingerprint density at radius 1 is 1.03 bits per heavy atom. The number of halogens is 1. The number of esters is 1. The van der Waals surface area contributed by atoms with E-state index in [-0.39, 0.29) is 23.3 Å². The molecule has 3 aromatic carbocycles. The molecule has 6 heteroatoms. The molecule has 0 saturated carbocycles. The molecule has 0 spiro atoms. The molecule has 0 fully saturated rings. The Kier molecular flexibility index (Phi) is 5.30. The zero-order valence-electron chi connectivity index (χ0n) is 16.1. The first-order valence-electron chi connectivity index (χ1n) is 9.19. The van der Waals surface area contributed by atoms with Crippen molar-refractivity contribution in [1.82, 2.24) is 0 Å². The van der Waals surface area contributed by atoms with E-state index >= 15 is 0 Å². The molecule has 4 rings (SSSR count). The first-order chi connectivity index (χ1) is 14.5. The summed E-state index contributed by atoms with van der Waals surface area (Å²) in [6.07, 6.45) is 1.28. The molecule has 5 nitrogen and oxygen atoms in total. The molecule has 0 radical (unpaired) electrons. The smallest absolute Gasteiger partial charge is 0.315 e. The highest BCUT2D eigenvalue weighted by Gasteiger charge is 2.13. The predicted octanol–water partition coefficient (Wildman–Crippen LogP) is 4.76. The Labute approximate surface area is 171 Å². The van der Waals surface area contributed by atoms with Crippen LogP contribution in [0.25, 0.3) is 22.1 Å². The second-order valence-corrected chi connectivity index (χ2v) is 6.62. The van der Waals surface area contributed by atoms with Crippen LogP contribution in [-0.2, 0) is 11.2 Å². The molecule has 0 N–H and O–H groups in total. The molecule has 0 atom stereocenters. The molecule has 0 bridgehead atoms. The van der Waals surface area contributed by atoms with Gasteiger partial charge in [0.15, 0.2) is 17.0 Å². The van der Waals surface area contributed by atoms with Crippen LogP contribution in [0.1, 0.15) is 5.56 Å². The third-order valence-corrected chi connectivity index (χ3v) is 4.63. The molecule has 4 aromatic rings. The number of methoxy groups -OCH3 is 1. The monoisotopic (exact) mass is 404 g/mol. The van der Waals surface area contributed by atoms with Gasteiger partial charge in [0.2, 0.25) is 0 Å². The molecule has 150 valence electrons. The number of ether oxygens (including phenoxy) is 2. The van der Waals surface area contributed by atoms with Crippen LogP contribution in [0.2, 0.25) is 0 Å². The van der Waals surface area contributed by atoms with Gasteiger partial charge in [-0.15, -0.1) is 0 Å². The lowest BCUT2D eigenvalue weighted by Gasteiger charge is -2.07. The normalized spacial score (nSPS) is 10.7. The first-order valence-corrected chi connectivity index (χ1v) is 9.19. The van der Waals surface area contributed by atoms with Gasteiger partial charge in [-0.25, -0.2) is 4.39 Å². The molecular weight excluding hydrogens is 387 g/mol. The van der Waals surface area contributed by atoms with Crippen LogP contribution < -0.4 is 14.9 Å². The zero-order chi connectivity index (χ0) is 21.1. The van der Waals surface area contributed by atoms with Crippen molar-refractivity contribution in [2.24, 2.45) is 0 Å². The quantitative estimate of drug-likeness (QED) is 0.355. The van der Waals surface area contributed by atoms with Gasteiger partial charge in [0.1, 0.15) is 17.6 Å². The average Bonchev–Trinajstić information content (AvgIpc) is 2.74. The summed E-state index contributed by atoms with van der Waals surface area (Å²) in [7, 11) is 1.37. The molecule has 0 amide bonds. The summed E-state index contributed by atoms with van der Waals surface area (Å²) in [5.41, 5.74) is 1.80. The maximum atomic E-state index is 13.8. The highest BCUT2D eigenvalue weighted by Crippen LogP contribution is 2.24. The Hall–Kier alpha value is -3.93. The third kappa shape index (κ3) is 3.93. The number of carbonyl (C=O) groups is 1. The van der Waals surface area contributed by atoms with Crippen LogP contribution in [0.3, 0.4) is 0 Å². The van der Waals surface area contributed by atoms with Crippen molar-refractivity contribution in [2.75, 3.05) is 7.11 Å². The van der Waals surface area contributed by atoms with Crippen molar-refractivity contribution in [1.29, 1.82) is 0 Å². The van der Waals surface area contributed by atoms with E-state index in [1.807, 2.05) is 30.3 Å². The zero-order valence-corrected chi connectivity index (χ0v) is 16.1. The second-order valence-electron chi connectivity index (χ2n) is 6.62. The second kappa shape index (κ2) is 8.21. The summed E-state index contributed by atoms with van der Waals surface area (Å²) in [6.45, 7) is 0. The number of carbonyl (C=O) groups excluding carboxylic acids is 1. The van der Waals surface area contributed by atoms with Crippen LogP contribution in [0.5, 0.6) is 11.5 Å². The molecule has 1 aromatic heterocycles. The van der Waals surface area contributed by atoms with Gasteiger partial charge >= 0.3 is 5.97 Å². The fourth-order valence-corrected chi connectivity index (χ4v) is 3.14. The van der Waals surface area contributed by atoms with Crippen molar-refractivity contribution in [3.63, 3.8) is 0 Å². The van der Waals surface area contributed by atoms with Gasteiger partial charge in [0.25, 0.3) is 0 Å². The standard InChI is InChI=1S/C24H17FO5/c1-28-21-10-7-15(11-20(21)25)12-23(26)30-17-8-9-18-22(13-17)29-14-19(24(18)27)16-5-3-2-4-6-16/h2-11,13-14H,12H2,1H3. The Bertz CT molecular complexity index is 1280. The molecule has 0 saturated heterocycles. The third-order valence-electron chi connectivity index (χ3n) is 4.63. The van der Waals surface area contributed by atoms with E-state index < -0.39 is 11.8 Å². The van der Waals surface area contributed by atoms with Crippen molar-refractivity contribution in [2.45, 2.75) is 6.42 Å². The van der Waals surface area contributed by atoms with Crippen LogP contribution in [0, 0.1) is 5.82 Å². The van der Waals surface area contributed by atoms with Gasteiger partial charge in [0.05, 0.1) is 24.5 Å². The van der Waals surface area contributed by atoms with Gasteiger partial charge in [-0.2, -0.15) is 0 Å². The van der Waals surface area contributed by atoms with E-state index in [2.05, 4.69) is 0 Å². The Morgan fingerprint density at radius 3 is 2.57 bits per heavy atom. The van der Waals surface area contributed by atoms with Crippen molar-refractivity contribution in [3.8, 4) is 22.6 Å². The highest BCUT2D eigenvalue weighted by atomic mass is 19.1. The van der Waals surface area contributed by atoms with E-state index in [4.69, 9.17) is 13.9 Å². The average molecular weight is 404 g/mol. The lowest BCUT2D eigenvalue weighted by atomic mass is 10.1. The molecule has 0 unspecified atom stereocenters. The SMILES string of the molecule is COc1ccc(CC(=O)Oc2ccc3c(=O)c(-c4ccccc4)coc3c2)cc1F. The number of rotatable bonds is 5. The summed E-state index contributed by atoms with van der Waals surface area (Å²) in [6, 6.07) is 18.1. The van der Waals surface area contributed by atoms with E-state index in [9.17, 15) is 14.0 Å². The Morgan fingerprint density at radius 2 is 1.83 bits per heavy atom. The molecule has 0 aliphatic heterocycles. The maximum absolute atomic E-state index is 13.8. The Balaban J connectivity index is 1.54. The van der Waals surface area contributed by atoms with Crippen LogP contribution >= 0.6 is 0 Å². The number of fused-ring (bicyclic) bond motifs is 1. The summed E-state index contributed by atoms with van der Waals surface area (Å²) in [5.74, 6) is -0.782. The summed E-state index contributed by atoms with van der Waals surface area (Å²) in [5, 5.41) is 0.383. The molecule has 0 aliphatic carbocycles. The molecule has 0 aliphatic rings. The van der Waals surface area contributed by atoms with Gasteiger partial charge in [-0.1, -0.05) is 36.4 Å².